The van der Waals surface area contributed by atoms with Crippen molar-refractivity contribution < 1.29 is 31.5 Å². The van der Waals surface area contributed by atoms with E-state index in [2.05, 4.69) is 151 Å². The predicted molar refractivity (Wildman–Crippen MR) is 333 cm³/mol. The van der Waals surface area contributed by atoms with E-state index in [1.165, 1.54) is 22.3 Å². The molecule has 0 saturated heterocycles. The van der Waals surface area contributed by atoms with Crippen molar-refractivity contribution in [3.63, 3.8) is 0 Å². The van der Waals surface area contributed by atoms with Crippen LogP contribution in [0.2, 0.25) is 0 Å². The molecule has 0 aliphatic carbocycles. The zero-order chi connectivity index (χ0) is 57.7. The highest BCUT2D eigenvalue weighted by Crippen LogP contribution is 2.66. The maximum absolute atomic E-state index is 14.8. The van der Waals surface area contributed by atoms with E-state index in [1.54, 1.807) is 0 Å². The van der Waals surface area contributed by atoms with Crippen LogP contribution in [0.1, 0.15) is 214 Å². The van der Waals surface area contributed by atoms with Crippen molar-refractivity contribution in [3.05, 3.63) is 140 Å². The zero-order valence-corrected chi connectivity index (χ0v) is 52.6. The normalized spacial score (nSPS) is 13.6. The number of hydrogen-bond acceptors (Lipinski definition) is 7. The van der Waals surface area contributed by atoms with Crippen molar-refractivity contribution in [2.45, 2.75) is 214 Å². The van der Waals surface area contributed by atoms with Gasteiger partial charge in [-0.1, -0.05) is 141 Å². The van der Waals surface area contributed by atoms with Crippen molar-refractivity contribution in [1.82, 2.24) is 0 Å². The second kappa shape index (κ2) is 45.3. The molecule has 7 nitrogen and oxygen atoms in total. The van der Waals surface area contributed by atoms with Gasteiger partial charge in [-0.05, 0) is 236 Å². The summed E-state index contributed by atoms with van der Waals surface area (Å²) in [5.41, 5.74) is 13.7. The summed E-state index contributed by atoms with van der Waals surface area (Å²) in [6.07, 6.45) is 38.4. The Labute approximate surface area is 472 Å². The molecule has 0 aromatic heterocycles. The van der Waals surface area contributed by atoms with Crippen LogP contribution in [0.25, 0.3) is 0 Å². The Bertz CT molecular complexity index is 2190. The fourth-order valence-corrected chi connectivity index (χ4v) is 10.2. The molecular formula is C68H100O7P2. The first kappa shape index (κ1) is 72.4. The van der Waals surface area contributed by atoms with E-state index in [4.69, 9.17) is 22.4 Å². The topological polar surface area (TPSA) is 80.3 Å². The van der Waals surface area contributed by atoms with Gasteiger partial charge < -0.3 is 0 Å². The molecule has 77 heavy (non-hydrogen) atoms. The van der Waals surface area contributed by atoms with E-state index in [-0.39, 0.29) is 26.4 Å². The molecule has 0 saturated carbocycles. The lowest BCUT2D eigenvalue weighted by Gasteiger charge is -2.22. The molecule has 0 rings (SSSR count). The van der Waals surface area contributed by atoms with E-state index < -0.39 is 15.6 Å². The lowest BCUT2D eigenvalue weighted by Crippen LogP contribution is -2.05. The first-order chi connectivity index (χ1) is 36.7. The Morgan fingerprint density at radius 2 is 0.494 bits per heavy atom. The van der Waals surface area contributed by atoms with Gasteiger partial charge in [0.25, 0.3) is 0 Å². The molecule has 0 amide bonds. The number of rotatable bonds is 38. The minimum Gasteiger partial charge on any atom is -0.282 e. The molecule has 0 aliphatic heterocycles. The molecule has 0 N–H and O–H groups in total. The third-order valence-electron chi connectivity index (χ3n) is 11.6. The Balaban J connectivity index is 6.87. The van der Waals surface area contributed by atoms with E-state index in [1.807, 2.05) is 79.7 Å². The lowest BCUT2D eigenvalue weighted by atomic mass is 10.1. The third kappa shape index (κ3) is 43.0. The smallest absolute Gasteiger partial charge is 0.282 e. The molecule has 0 radical (unpaired) electrons. The monoisotopic (exact) mass is 1090 g/mol. The van der Waals surface area contributed by atoms with Crippen LogP contribution in [0.15, 0.2) is 140 Å². The molecule has 0 aromatic rings. The van der Waals surface area contributed by atoms with Crippen molar-refractivity contribution in [2.75, 3.05) is 26.4 Å². The van der Waals surface area contributed by atoms with Crippen LogP contribution < -0.4 is 0 Å². The summed E-state index contributed by atoms with van der Waals surface area (Å²) in [7, 11) is -9.18. The first-order valence-electron chi connectivity index (χ1n) is 27.8. The van der Waals surface area contributed by atoms with E-state index in [0.29, 0.717) is 0 Å². The van der Waals surface area contributed by atoms with Gasteiger partial charge in [0.05, 0.1) is 26.4 Å². The predicted octanol–water partition coefficient (Wildman–Crippen LogP) is 21.0. The largest absolute Gasteiger partial charge is 0.484 e. The Morgan fingerprint density at radius 1 is 0.299 bits per heavy atom. The van der Waals surface area contributed by atoms with Gasteiger partial charge in [0.2, 0.25) is 0 Å². The Kier molecular flexibility index (Phi) is 42.5. The highest BCUT2D eigenvalue weighted by atomic mass is 31.3. The molecule has 424 valence electrons. The average Bonchev–Trinajstić information content (AvgIpc) is 3.33. The fourth-order valence-electron chi connectivity index (χ4n) is 7.25. The number of hydrogen-bond donors (Lipinski definition) is 0. The maximum atomic E-state index is 14.8. The van der Waals surface area contributed by atoms with Gasteiger partial charge in [-0.2, -0.15) is 4.31 Å². The Morgan fingerprint density at radius 3 is 0.675 bits per heavy atom. The highest BCUT2D eigenvalue weighted by molar-refractivity contribution is 7.62. The van der Waals surface area contributed by atoms with Crippen molar-refractivity contribution in [3.8, 4) is 47.4 Å². The van der Waals surface area contributed by atoms with E-state index in [0.717, 1.165) is 147 Å². The molecule has 9 heteroatoms. The van der Waals surface area contributed by atoms with Crippen molar-refractivity contribution in [2.24, 2.45) is 0 Å². The highest BCUT2D eigenvalue weighted by Gasteiger charge is 2.40. The lowest BCUT2D eigenvalue weighted by molar-refractivity contribution is 0.130. The van der Waals surface area contributed by atoms with E-state index >= 15 is 0 Å². The van der Waals surface area contributed by atoms with Crippen molar-refractivity contribution >= 4 is 15.6 Å². The van der Waals surface area contributed by atoms with Crippen LogP contribution in [-0.2, 0) is 31.5 Å². The molecule has 0 atom stereocenters. The van der Waals surface area contributed by atoms with Crippen LogP contribution in [0.4, 0.5) is 0 Å². The molecule has 0 bridgehead atoms. The number of phosphoric ester groups is 2. The number of phosphoric acid groups is 2. The van der Waals surface area contributed by atoms with Gasteiger partial charge in [0, 0.05) is 0 Å². The quantitative estimate of drug-likeness (QED) is 0.0346. The molecule has 0 heterocycles. The second-order valence-electron chi connectivity index (χ2n) is 20.2. The zero-order valence-electron chi connectivity index (χ0n) is 50.8. The number of allylic oxidation sites excluding steroid dienone is 20. The third-order valence-corrected chi connectivity index (χ3v) is 15.0. The van der Waals surface area contributed by atoms with Gasteiger partial charge in [-0.3, -0.25) is 18.1 Å². The second-order valence-corrected chi connectivity index (χ2v) is 23.7. The molecule has 0 spiro atoms. The average molecular weight is 1090 g/mol. The minimum absolute atomic E-state index is 0.118. The first-order valence-corrected chi connectivity index (χ1v) is 30.7. The Hall–Kier alpha value is -4.62. The van der Waals surface area contributed by atoms with Crippen molar-refractivity contribution in [1.29, 1.82) is 0 Å². The van der Waals surface area contributed by atoms with Crippen LogP contribution >= 0.6 is 15.6 Å². The van der Waals surface area contributed by atoms with Gasteiger partial charge in [-0.25, -0.2) is 9.13 Å². The summed E-state index contributed by atoms with van der Waals surface area (Å²) in [6.45, 7) is 31.8. The maximum Gasteiger partial charge on any atom is 0.484 e. The van der Waals surface area contributed by atoms with Gasteiger partial charge >= 0.3 is 15.6 Å². The van der Waals surface area contributed by atoms with Crippen LogP contribution in [0, 0.1) is 47.4 Å². The molecule has 0 aromatic carbocycles. The van der Waals surface area contributed by atoms with Crippen LogP contribution in [-0.4, -0.2) is 26.4 Å². The summed E-state index contributed by atoms with van der Waals surface area (Å²) in [4.78, 5) is 0. The summed E-state index contributed by atoms with van der Waals surface area (Å²) in [6, 6.07) is 0. The standard InChI is InChI=1S/C68H100O7P2/c1-17-29-65(41-21-33-57(5)6)45-25-37-61(13)49-53-71-76(69,72-54-50-62(14)38-26-46-66(30-18-2)42-22-34-58(7)8)75-77(70,73-55-51-63(15)39-27-47-67(31-19-3)43-23-35-59(9)10)74-56-52-64(16)40-28-48-68(32-20-4)44-24-36-60(11)12/h33-36,45-52H,21-28,37-44,53-56H2,1-16H3/b61-49+,62-50+,63-51+,64-52+,65-45+,66-46+,67-47+,68-48+. The summed E-state index contributed by atoms with van der Waals surface area (Å²) in [5, 5.41) is 0. The molecular weight excluding hydrogens is 991 g/mol. The minimum atomic E-state index is -4.59. The van der Waals surface area contributed by atoms with Crippen LogP contribution in [0.5, 0.6) is 0 Å². The molecule has 0 aliphatic rings. The van der Waals surface area contributed by atoms with Gasteiger partial charge in [-0.15, -0.1) is 23.7 Å². The summed E-state index contributed by atoms with van der Waals surface area (Å²) >= 11 is 0. The SMILES string of the molecule is CC#C/C(=C\CC/C(C)=C/COP(=O)(OC/C=C(\C)CC/C=C(\C#CC)CCC=C(C)C)OP(=O)(OC/C=C(\C)CC/C=C(\C#CC)CCC=C(C)C)OC/C=C(\C)CC/C=C(\C#CC)CCC=C(C)C)CCC=C(C)C. The summed E-state index contributed by atoms with van der Waals surface area (Å²) in [5.74, 6) is 25.1. The fraction of sp³-hybridized carbons (Fsp3) is 0.529. The van der Waals surface area contributed by atoms with Crippen LogP contribution in [0.3, 0.4) is 0 Å². The van der Waals surface area contributed by atoms with Gasteiger partial charge in [0.15, 0.2) is 0 Å². The summed E-state index contributed by atoms with van der Waals surface area (Å²) < 4.78 is 59.4. The van der Waals surface area contributed by atoms with E-state index in [9.17, 15) is 9.13 Å². The van der Waals surface area contributed by atoms with Gasteiger partial charge in [0.1, 0.15) is 0 Å². The molecule has 0 unspecified atom stereocenters. The molecule has 0 fully saturated rings.